The van der Waals surface area contributed by atoms with Crippen LogP contribution in [0.15, 0.2) is 4.79 Å². The lowest BCUT2D eigenvalue weighted by molar-refractivity contribution is -0.173. The van der Waals surface area contributed by atoms with E-state index in [0.717, 1.165) is 6.42 Å². The van der Waals surface area contributed by atoms with Crippen LogP contribution < -0.4 is 11.3 Å². The van der Waals surface area contributed by atoms with Gasteiger partial charge in [0.15, 0.2) is 0 Å². The summed E-state index contributed by atoms with van der Waals surface area (Å²) in [4.78, 5) is 18.1. The van der Waals surface area contributed by atoms with Crippen molar-refractivity contribution < 1.29 is 17.9 Å². The molecule has 108 valence electrons. The molecule has 0 atom stereocenters. The predicted octanol–water partition coefficient (Wildman–Crippen LogP) is 1.43. The van der Waals surface area contributed by atoms with Crippen LogP contribution in [0.4, 0.5) is 19.0 Å². The highest BCUT2D eigenvalue weighted by Crippen LogP contribution is 2.14. The molecule has 0 fully saturated rings. The lowest BCUT2D eigenvalue weighted by Crippen LogP contribution is -2.22. The molecule has 0 aliphatic rings. The molecule has 19 heavy (non-hydrogen) atoms. The fourth-order valence-electron chi connectivity index (χ4n) is 1.53. The molecule has 0 aliphatic heterocycles. The maximum absolute atomic E-state index is 11.8. The standard InChI is InChI=1S/C11H16F3N3O2/c1-2-3-7-9(15)16-8(17-10(7)18)4-5-19-6-11(12,13)14/h2-6H2,1H3,(H3,15,16,17,18). The number of anilines is 1. The van der Waals surface area contributed by atoms with E-state index < -0.39 is 12.8 Å². The highest BCUT2D eigenvalue weighted by atomic mass is 19.4. The minimum atomic E-state index is -4.36. The predicted molar refractivity (Wildman–Crippen MR) is 63.8 cm³/mol. The van der Waals surface area contributed by atoms with E-state index in [1.54, 1.807) is 0 Å². The monoisotopic (exact) mass is 279 g/mol. The van der Waals surface area contributed by atoms with Crippen LogP contribution in [0, 0.1) is 0 Å². The van der Waals surface area contributed by atoms with Crippen LogP contribution in [0.1, 0.15) is 24.7 Å². The first kappa shape index (κ1) is 15.5. The van der Waals surface area contributed by atoms with Gasteiger partial charge in [-0.05, 0) is 6.42 Å². The van der Waals surface area contributed by atoms with Crippen molar-refractivity contribution in [2.24, 2.45) is 0 Å². The van der Waals surface area contributed by atoms with Crippen molar-refractivity contribution in [2.75, 3.05) is 18.9 Å². The van der Waals surface area contributed by atoms with Gasteiger partial charge in [-0.3, -0.25) is 4.79 Å². The maximum Gasteiger partial charge on any atom is 0.411 e. The molecule has 0 saturated heterocycles. The number of hydrogen-bond donors (Lipinski definition) is 2. The number of ether oxygens (including phenoxy) is 1. The highest BCUT2D eigenvalue weighted by molar-refractivity contribution is 5.37. The number of nitrogen functional groups attached to an aromatic ring is 1. The SMILES string of the molecule is CCCc1c(N)nc(CCOCC(F)(F)F)[nH]c1=O. The number of rotatable bonds is 6. The number of aromatic nitrogens is 2. The Bertz CT molecular complexity index is 471. The van der Waals surface area contributed by atoms with Crippen molar-refractivity contribution >= 4 is 5.82 Å². The Morgan fingerprint density at radius 3 is 2.58 bits per heavy atom. The Morgan fingerprint density at radius 2 is 2.05 bits per heavy atom. The summed E-state index contributed by atoms with van der Waals surface area (Å²) >= 11 is 0. The van der Waals surface area contributed by atoms with Crippen LogP contribution in [0.2, 0.25) is 0 Å². The molecule has 0 bridgehead atoms. The molecular weight excluding hydrogens is 263 g/mol. The Labute approximate surface area is 108 Å². The molecule has 0 unspecified atom stereocenters. The second-order valence-corrected chi connectivity index (χ2v) is 4.04. The molecule has 1 heterocycles. The van der Waals surface area contributed by atoms with Gasteiger partial charge >= 0.3 is 6.18 Å². The van der Waals surface area contributed by atoms with Crippen LogP contribution in [0.25, 0.3) is 0 Å². The second kappa shape index (κ2) is 6.55. The first-order valence-corrected chi connectivity index (χ1v) is 5.85. The Balaban J connectivity index is 2.59. The minimum absolute atomic E-state index is 0.0714. The number of alkyl halides is 3. The average Bonchev–Trinajstić information content (AvgIpc) is 2.28. The summed E-state index contributed by atoms with van der Waals surface area (Å²) in [5.74, 6) is 0.348. The van der Waals surface area contributed by atoms with Crippen LogP contribution in [0.5, 0.6) is 0 Å². The number of nitrogens with one attached hydrogen (secondary N) is 1. The van der Waals surface area contributed by atoms with Crippen LogP contribution in [0.3, 0.4) is 0 Å². The van der Waals surface area contributed by atoms with Crippen LogP contribution >= 0.6 is 0 Å². The number of hydrogen-bond acceptors (Lipinski definition) is 4. The zero-order valence-electron chi connectivity index (χ0n) is 10.5. The third kappa shape index (κ3) is 5.29. The van der Waals surface area contributed by atoms with Crippen molar-refractivity contribution in [3.8, 4) is 0 Å². The summed E-state index contributed by atoms with van der Waals surface area (Å²) in [6.07, 6.45) is -3.02. The minimum Gasteiger partial charge on any atom is -0.383 e. The van der Waals surface area contributed by atoms with Crippen LogP contribution in [-0.4, -0.2) is 29.4 Å². The molecule has 3 N–H and O–H groups in total. The molecule has 0 spiro atoms. The van der Waals surface area contributed by atoms with Crippen molar-refractivity contribution in [3.63, 3.8) is 0 Å². The summed E-state index contributed by atoms with van der Waals surface area (Å²) in [7, 11) is 0. The highest BCUT2D eigenvalue weighted by Gasteiger charge is 2.27. The molecular formula is C11H16F3N3O2. The summed E-state index contributed by atoms with van der Waals surface area (Å²) in [6.45, 7) is 0.396. The molecule has 1 aromatic heterocycles. The summed E-state index contributed by atoms with van der Waals surface area (Å²) in [5.41, 5.74) is 5.69. The number of nitrogens with zero attached hydrogens (tertiary/aromatic N) is 1. The molecule has 5 nitrogen and oxygen atoms in total. The number of nitrogens with two attached hydrogens (primary N) is 1. The fraction of sp³-hybridized carbons (Fsp3) is 0.636. The van der Waals surface area contributed by atoms with Gasteiger partial charge in [0.05, 0.1) is 12.2 Å². The summed E-state index contributed by atoms with van der Waals surface area (Å²) in [5, 5.41) is 0. The molecule has 0 radical (unpaired) electrons. The molecule has 0 saturated carbocycles. The van der Waals surface area contributed by atoms with Crippen molar-refractivity contribution in [3.05, 3.63) is 21.7 Å². The van der Waals surface area contributed by atoms with Crippen molar-refractivity contribution in [1.82, 2.24) is 9.97 Å². The normalized spacial score (nSPS) is 11.8. The van der Waals surface area contributed by atoms with Gasteiger partial charge in [-0.15, -0.1) is 0 Å². The van der Waals surface area contributed by atoms with E-state index in [2.05, 4.69) is 14.7 Å². The molecule has 0 amide bonds. The Kier molecular flexibility index (Phi) is 5.34. The summed E-state index contributed by atoms with van der Waals surface area (Å²) < 4.78 is 39.9. The topological polar surface area (TPSA) is 81.0 Å². The van der Waals surface area contributed by atoms with Gasteiger partial charge in [-0.25, -0.2) is 4.98 Å². The fourth-order valence-corrected chi connectivity index (χ4v) is 1.53. The van der Waals surface area contributed by atoms with E-state index in [1.165, 1.54) is 0 Å². The van der Waals surface area contributed by atoms with Gasteiger partial charge in [0.1, 0.15) is 18.2 Å². The first-order chi connectivity index (χ1) is 8.83. The van der Waals surface area contributed by atoms with Gasteiger partial charge in [-0.2, -0.15) is 13.2 Å². The van der Waals surface area contributed by atoms with Gasteiger partial charge in [0, 0.05) is 6.42 Å². The van der Waals surface area contributed by atoms with E-state index in [0.29, 0.717) is 12.0 Å². The van der Waals surface area contributed by atoms with Gasteiger partial charge in [0.2, 0.25) is 0 Å². The quantitative estimate of drug-likeness (QED) is 0.772. The average molecular weight is 279 g/mol. The largest absolute Gasteiger partial charge is 0.411 e. The smallest absolute Gasteiger partial charge is 0.383 e. The van der Waals surface area contributed by atoms with Gasteiger partial charge in [-0.1, -0.05) is 13.3 Å². The van der Waals surface area contributed by atoms with Crippen molar-refractivity contribution in [2.45, 2.75) is 32.4 Å². The van der Waals surface area contributed by atoms with Crippen LogP contribution in [-0.2, 0) is 17.6 Å². The number of halogens is 3. The van der Waals surface area contributed by atoms with E-state index in [1.807, 2.05) is 6.92 Å². The maximum atomic E-state index is 11.8. The number of H-pyrrole nitrogens is 1. The van der Waals surface area contributed by atoms with E-state index in [4.69, 9.17) is 5.73 Å². The van der Waals surface area contributed by atoms with Gasteiger partial charge in [0.25, 0.3) is 5.56 Å². The van der Waals surface area contributed by atoms with E-state index in [-0.39, 0.29) is 30.2 Å². The second-order valence-electron chi connectivity index (χ2n) is 4.04. The third-order valence-corrected chi connectivity index (χ3v) is 2.35. The van der Waals surface area contributed by atoms with E-state index >= 15 is 0 Å². The molecule has 1 rings (SSSR count). The molecule has 8 heteroatoms. The third-order valence-electron chi connectivity index (χ3n) is 2.35. The lowest BCUT2D eigenvalue weighted by atomic mass is 10.2. The molecule has 1 aromatic rings. The lowest BCUT2D eigenvalue weighted by Gasteiger charge is -2.08. The molecule has 0 aromatic carbocycles. The number of aromatic amines is 1. The first-order valence-electron chi connectivity index (χ1n) is 5.85. The zero-order valence-corrected chi connectivity index (χ0v) is 10.5. The summed E-state index contributed by atoms with van der Waals surface area (Å²) in [6, 6.07) is 0. The zero-order chi connectivity index (χ0) is 14.5. The van der Waals surface area contributed by atoms with E-state index in [9.17, 15) is 18.0 Å². The Morgan fingerprint density at radius 1 is 1.37 bits per heavy atom. The van der Waals surface area contributed by atoms with Crippen molar-refractivity contribution in [1.29, 1.82) is 0 Å². The molecule has 0 aliphatic carbocycles. The Hall–Kier alpha value is -1.57. The van der Waals surface area contributed by atoms with Gasteiger partial charge < -0.3 is 15.5 Å².